The van der Waals surface area contributed by atoms with Crippen LogP contribution in [0.15, 0.2) is 29.2 Å². The lowest BCUT2D eigenvalue weighted by molar-refractivity contribution is 0.0729. The van der Waals surface area contributed by atoms with E-state index in [9.17, 15) is 8.78 Å². The molecule has 0 aromatic heterocycles. The van der Waals surface area contributed by atoms with Gasteiger partial charge in [-0.05, 0) is 11.6 Å². The van der Waals surface area contributed by atoms with E-state index in [1.807, 2.05) is 18.2 Å². The Morgan fingerprint density at radius 3 is 2.35 bits per heavy atom. The van der Waals surface area contributed by atoms with E-state index in [1.165, 1.54) is 0 Å². The molecule has 1 aliphatic rings. The van der Waals surface area contributed by atoms with Crippen molar-refractivity contribution >= 4 is 24.2 Å². The minimum absolute atomic E-state index is 0. The van der Waals surface area contributed by atoms with Crippen LogP contribution >= 0.6 is 24.2 Å². The molecule has 0 amide bonds. The van der Waals surface area contributed by atoms with E-state index < -0.39 is 6.43 Å². The number of hydrogen-bond donors (Lipinski definition) is 1. The fourth-order valence-corrected chi connectivity index (χ4v) is 3.94. The normalized spacial score (nSPS) is 17.8. The van der Waals surface area contributed by atoms with Crippen molar-refractivity contribution < 1.29 is 8.78 Å². The van der Waals surface area contributed by atoms with Crippen molar-refractivity contribution in [3.63, 3.8) is 0 Å². The molecule has 1 atom stereocenters. The fourth-order valence-electron chi connectivity index (χ4n) is 2.81. The van der Waals surface area contributed by atoms with Crippen LogP contribution in [0.3, 0.4) is 0 Å². The Kier molecular flexibility index (Phi) is 8.28. The number of halogens is 3. The van der Waals surface area contributed by atoms with Crippen molar-refractivity contribution in [3.05, 3.63) is 29.8 Å². The maximum Gasteiger partial charge on any atom is 0.240 e. The summed E-state index contributed by atoms with van der Waals surface area (Å²) in [5.41, 5.74) is 1.05. The first kappa shape index (κ1) is 20.7. The number of piperazine rings is 1. The van der Waals surface area contributed by atoms with Gasteiger partial charge in [0.05, 0.1) is 0 Å². The lowest BCUT2D eigenvalue weighted by Crippen LogP contribution is -2.45. The quantitative estimate of drug-likeness (QED) is 0.768. The summed E-state index contributed by atoms with van der Waals surface area (Å²) in [5, 5.41) is 3.29. The van der Waals surface area contributed by atoms with E-state index in [-0.39, 0.29) is 29.6 Å². The van der Waals surface area contributed by atoms with E-state index in [0.717, 1.165) is 36.6 Å². The van der Waals surface area contributed by atoms with Crippen LogP contribution in [0.1, 0.15) is 38.8 Å². The first-order valence-electron chi connectivity index (χ1n) is 7.87. The van der Waals surface area contributed by atoms with Gasteiger partial charge in [-0.2, -0.15) is 0 Å². The summed E-state index contributed by atoms with van der Waals surface area (Å²) in [4.78, 5) is 3.32. The predicted molar refractivity (Wildman–Crippen MR) is 97.1 cm³/mol. The third kappa shape index (κ3) is 6.57. The van der Waals surface area contributed by atoms with Crippen molar-refractivity contribution in [3.8, 4) is 0 Å². The molecule has 132 valence electrons. The van der Waals surface area contributed by atoms with Crippen LogP contribution in [0.2, 0.25) is 0 Å². The zero-order valence-electron chi connectivity index (χ0n) is 14.0. The SMILES string of the molecule is CC(C)(C)Sc1ccccc1[C@@H](CC(F)F)N1CCNCC1.Cl. The summed E-state index contributed by atoms with van der Waals surface area (Å²) in [6, 6.07) is 7.83. The van der Waals surface area contributed by atoms with Gasteiger partial charge in [0.25, 0.3) is 0 Å². The predicted octanol–water partition coefficient (Wildman–Crippen LogP) is 4.60. The molecule has 2 nitrogen and oxygen atoms in total. The number of nitrogens with one attached hydrogen (secondary N) is 1. The molecule has 0 unspecified atom stereocenters. The van der Waals surface area contributed by atoms with E-state index in [1.54, 1.807) is 11.8 Å². The summed E-state index contributed by atoms with van der Waals surface area (Å²) in [7, 11) is 0. The highest BCUT2D eigenvalue weighted by molar-refractivity contribution is 8.00. The summed E-state index contributed by atoms with van der Waals surface area (Å²) < 4.78 is 26.4. The zero-order chi connectivity index (χ0) is 16.2. The monoisotopic (exact) mass is 364 g/mol. The molecule has 0 bridgehead atoms. The van der Waals surface area contributed by atoms with Crippen molar-refractivity contribution in [1.29, 1.82) is 0 Å². The summed E-state index contributed by atoms with van der Waals surface area (Å²) in [5.74, 6) is 0. The molecule has 2 rings (SSSR count). The second-order valence-corrected chi connectivity index (χ2v) is 8.55. The molecule has 23 heavy (non-hydrogen) atoms. The molecule has 0 aliphatic carbocycles. The van der Waals surface area contributed by atoms with Crippen molar-refractivity contribution in [2.24, 2.45) is 0 Å². The topological polar surface area (TPSA) is 15.3 Å². The molecular formula is C17H27ClF2N2S. The molecule has 0 saturated carbocycles. The van der Waals surface area contributed by atoms with Gasteiger partial charge in [0.2, 0.25) is 6.43 Å². The molecular weight excluding hydrogens is 338 g/mol. The minimum Gasteiger partial charge on any atom is -0.314 e. The molecule has 1 saturated heterocycles. The molecule has 1 fully saturated rings. The average Bonchev–Trinajstić information content (AvgIpc) is 2.45. The molecule has 1 heterocycles. The first-order valence-corrected chi connectivity index (χ1v) is 8.69. The van der Waals surface area contributed by atoms with Gasteiger partial charge >= 0.3 is 0 Å². The molecule has 1 aromatic rings. The second-order valence-electron chi connectivity index (χ2n) is 6.68. The number of nitrogens with zero attached hydrogens (tertiary/aromatic N) is 1. The third-order valence-electron chi connectivity index (χ3n) is 3.69. The maximum atomic E-state index is 13.1. The van der Waals surface area contributed by atoms with Crippen LogP contribution in [-0.4, -0.2) is 42.3 Å². The van der Waals surface area contributed by atoms with Gasteiger partial charge in [-0.25, -0.2) is 8.78 Å². The van der Waals surface area contributed by atoms with E-state index in [4.69, 9.17) is 0 Å². The largest absolute Gasteiger partial charge is 0.314 e. The Hall–Kier alpha value is -0.360. The van der Waals surface area contributed by atoms with Crippen LogP contribution in [0, 0.1) is 0 Å². The highest BCUT2D eigenvalue weighted by atomic mass is 35.5. The lowest BCUT2D eigenvalue weighted by Gasteiger charge is -2.36. The molecule has 1 aliphatic heterocycles. The van der Waals surface area contributed by atoms with Gasteiger partial charge in [0.15, 0.2) is 0 Å². The molecule has 0 spiro atoms. The molecule has 1 aromatic carbocycles. The molecule has 0 radical (unpaired) electrons. The Labute approximate surface area is 148 Å². The number of hydrogen-bond acceptors (Lipinski definition) is 3. The Morgan fingerprint density at radius 2 is 1.78 bits per heavy atom. The van der Waals surface area contributed by atoms with Gasteiger partial charge in [0.1, 0.15) is 0 Å². The maximum absolute atomic E-state index is 13.1. The summed E-state index contributed by atoms with van der Waals surface area (Å²) in [6.45, 7) is 9.85. The van der Waals surface area contributed by atoms with Gasteiger partial charge in [0, 0.05) is 48.3 Å². The van der Waals surface area contributed by atoms with Gasteiger partial charge in [-0.3, -0.25) is 4.90 Å². The van der Waals surface area contributed by atoms with Gasteiger partial charge in [-0.15, -0.1) is 24.2 Å². The molecule has 6 heteroatoms. The number of rotatable bonds is 5. The van der Waals surface area contributed by atoms with Crippen molar-refractivity contribution in [2.75, 3.05) is 26.2 Å². The van der Waals surface area contributed by atoms with Crippen LogP contribution in [0.25, 0.3) is 0 Å². The van der Waals surface area contributed by atoms with Gasteiger partial charge < -0.3 is 5.32 Å². The average molecular weight is 365 g/mol. The Bertz CT molecular complexity index is 474. The van der Waals surface area contributed by atoms with E-state index >= 15 is 0 Å². The smallest absolute Gasteiger partial charge is 0.240 e. The fraction of sp³-hybridized carbons (Fsp3) is 0.647. The van der Waals surface area contributed by atoms with E-state index in [2.05, 4.69) is 37.1 Å². The Balaban J connectivity index is 0.00000264. The first-order chi connectivity index (χ1) is 10.4. The van der Waals surface area contributed by atoms with Crippen LogP contribution < -0.4 is 5.32 Å². The van der Waals surface area contributed by atoms with Crippen molar-refractivity contribution in [1.82, 2.24) is 10.2 Å². The number of alkyl halides is 2. The molecule has 1 N–H and O–H groups in total. The van der Waals surface area contributed by atoms with Crippen LogP contribution in [0.4, 0.5) is 8.78 Å². The standard InChI is InChI=1S/C17H26F2N2S.ClH/c1-17(2,3)22-15-7-5-4-6-13(15)14(12-16(18)19)21-10-8-20-9-11-21;/h4-7,14,16,20H,8-12H2,1-3H3;1H/t14-;/m1./s1. The number of benzene rings is 1. The Morgan fingerprint density at radius 1 is 1.17 bits per heavy atom. The van der Waals surface area contributed by atoms with Crippen LogP contribution in [-0.2, 0) is 0 Å². The zero-order valence-corrected chi connectivity index (χ0v) is 15.7. The highest BCUT2D eigenvalue weighted by Gasteiger charge is 2.28. The number of thioether (sulfide) groups is 1. The summed E-state index contributed by atoms with van der Waals surface area (Å²) in [6.07, 6.45) is -2.38. The minimum atomic E-state index is -2.28. The lowest BCUT2D eigenvalue weighted by atomic mass is 10.0. The van der Waals surface area contributed by atoms with Gasteiger partial charge in [-0.1, -0.05) is 39.0 Å². The highest BCUT2D eigenvalue weighted by Crippen LogP contribution is 2.39. The van der Waals surface area contributed by atoms with Crippen LogP contribution in [0.5, 0.6) is 0 Å². The second kappa shape index (κ2) is 9.21. The van der Waals surface area contributed by atoms with Crippen molar-refractivity contribution in [2.45, 2.75) is 49.3 Å². The summed E-state index contributed by atoms with van der Waals surface area (Å²) >= 11 is 1.76. The third-order valence-corrected chi connectivity index (χ3v) is 4.89. The van der Waals surface area contributed by atoms with E-state index in [0.29, 0.717) is 0 Å².